The van der Waals surface area contributed by atoms with Crippen molar-refractivity contribution in [1.82, 2.24) is 4.90 Å². The molecule has 1 amide bonds. The molecule has 0 saturated carbocycles. The Morgan fingerprint density at radius 1 is 1.14 bits per heavy atom. The van der Waals surface area contributed by atoms with Crippen LogP contribution in [0.2, 0.25) is 0 Å². The van der Waals surface area contributed by atoms with Crippen LogP contribution in [0.5, 0.6) is 0 Å². The van der Waals surface area contributed by atoms with Gasteiger partial charge in [-0.3, -0.25) is 9.69 Å². The molecule has 1 N–H and O–H groups in total. The van der Waals surface area contributed by atoms with Crippen LogP contribution in [0.4, 0.5) is 11.4 Å². The lowest BCUT2D eigenvalue weighted by Gasteiger charge is -2.29. The van der Waals surface area contributed by atoms with Crippen molar-refractivity contribution >= 4 is 34.6 Å². The Morgan fingerprint density at radius 2 is 1.86 bits per heavy atom. The highest BCUT2D eigenvalue weighted by Gasteiger charge is 2.16. The summed E-state index contributed by atoms with van der Waals surface area (Å²) in [7, 11) is 3.24. The predicted molar refractivity (Wildman–Crippen MR) is 113 cm³/mol. The van der Waals surface area contributed by atoms with Gasteiger partial charge in [0.05, 0.1) is 19.3 Å². The number of hydrogen-bond donors (Lipinski definition) is 1. The summed E-state index contributed by atoms with van der Waals surface area (Å²) in [6.07, 6.45) is 3.86. The highest BCUT2D eigenvalue weighted by atomic mass is 32.1. The highest BCUT2D eigenvalue weighted by Crippen LogP contribution is 2.23. The average molecular weight is 402 g/mol. The van der Waals surface area contributed by atoms with Crippen molar-refractivity contribution in [3.8, 4) is 0 Å². The van der Waals surface area contributed by atoms with Gasteiger partial charge in [0.2, 0.25) is 5.91 Å². The third-order valence-electron chi connectivity index (χ3n) is 4.83. The van der Waals surface area contributed by atoms with Crippen molar-refractivity contribution in [2.24, 2.45) is 0 Å². The van der Waals surface area contributed by atoms with Gasteiger partial charge in [-0.25, -0.2) is 4.79 Å². The number of nitrogens with zero attached hydrogens (tertiary/aromatic N) is 2. The molecule has 1 fully saturated rings. The van der Waals surface area contributed by atoms with E-state index in [1.54, 1.807) is 11.4 Å². The number of rotatable bonds is 7. The van der Waals surface area contributed by atoms with Crippen LogP contribution in [-0.4, -0.2) is 50.6 Å². The van der Waals surface area contributed by atoms with Gasteiger partial charge in [0, 0.05) is 25.3 Å². The third-order valence-corrected chi connectivity index (χ3v) is 5.73. The molecule has 0 bridgehead atoms. The second-order valence-electron chi connectivity index (χ2n) is 7.09. The standard InChI is InChI=1S/C21H27N3O3S/c1-23(15-19(25)22-18-10-13-28-20(18)21(26)27-2)14-16-6-8-17(9-7-16)24-11-4-3-5-12-24/h6-10,13H,3-5,11-12,14-15H2,1-2H3,(H,22,25). The molecule has 0 spiro atoms. The Hall–Kier alpha value is -2.38. The quantitative estimate of drug-likeness (QED) is 0.719. The van der Waals surface area contributed by atoms with Crippen molar-refractivity contribution in [3.05, 3.63) is 46.2 Å². The van der Waals surface area contributed by atoms with Gasteiger partial charge in [-0.1, -0.05) is 12.1 Å². The summed E-state index contributed by atoms with van der Waals surface area (Å²) >= 11 is 1.25. The second-order valence-corrected chi connectivity index (χ2v) is 8.01. The SMILES string of the molecule is COC(=O)c1sccc1NC(=O)CN(C)Cc1ccc(N2CCCCC2)cc1. The first-order chi connectivity index (χ1) is 13.6. The normalized spacial score (nSPS) is 14.2. The lowest BCUT2D eigenvalue weighted by atomic mass is 10.1. The summed E-state index contributed by atoms with van der Waals surface area (Å²) in [4.78, 5) is 28.8. The minimum atomic E-state index is -0.438. The van der Waals surface area contributed by atoms with Crippen LogP contribution in [0.3, 0.4) is 0 Å². The summed E-state index contributed by atoms with van der Waals surface area (Å²) < 4.78 is 4.74. The fraction of sp³-hybridized carbons (Fsp3) is 0.429. The maximum absolute atomic E-state index is 12.3. The second kappa shape index (κ2) is 9.71. The molecule has 0 aliphatic carbocycles. The molecule has 6 nitrogen and oxygen atoms in total. The van der Waals surface area contributed by atoms with Crippen molar-refractivity contribution in [3.63, 3.8) is 0 Å². The first-order valence-electron chi connectivity index (χ1n) is 9.55. The Balaban J connectivity index is 1.51. The topological polar surface area (TPSA) is 61.9 Å². The zero-order chi connectivity index (χ0) is 19.9. The van der Waals surface area contributed by atoms with E-state index in [-0.39, 0.29) is 12.5 Å². The molecule has 7 heteroatoms. The van der Waals surface area contributed by atoms with Crippen molar-refractivity contribution in [2.45, 2.75) is 25.8 Å². The van der Waals surface area contributed by atoms with Crippen LogP contribution in [0.15, 0.2) is 35.7 Å². The molecule has 3 rings (SSSR count). The summed E-state index contributed by atoms with van der Waals surface area (Å²) in [5.74, 6) is -0.594. The van der Waals surface area contributed by atoms with Crippen LogP contribution in [0, 0.1) is 0 Å². The number of likely N-dealkylation sites (N-methyl/N-ethyl adjacent to an activating group) is 1. The van der Waals surface area contributed by atoms with Gasteiger partial charge in [-0.15, -0.1) is 11.3 Å². The zero-order valence-electron chi connectivity index (χ0n) is 16.4. The van der Waals surface area contributed by atoms with E-state index >= 15 is 0 Å². The van der Waals surface area contributed by atoms with Gasteiger partial charge in [0.25, 0.3) is 0 Å². The van der Waals surface area contributed by atoms with Gasteiger partial charge in [-0.2, -0.15) is 0 Å². The molecule has 28 heavy (non-hydrogen) atoms. The van der Waals surface area contributed by atoms with E-state index in [9.17, 15) is 9.59 Å². The Morgan fingerprint density at radius 3 is 2.54 bits per heavy atom. The number of piperidine rings is 1. The van der Waals surface area contributed by atoms with Crippen molar-refractivity contribution < 1.29 is 14.3 Å². The Kier molecular flexibility index (Phi) is 7.06. The number of methoxy groups -OCH3 is 1. The van der Waals surface area contributed by atoms with Crippen molar-refractivity contribution in [2.75, 3.05) is 44.0 Å². The number of benzene rings is 1. The molecule has 1 aliphatic heterocycles. The average Bonchev–Trinajstić information content (AvgIpc) is 3.16. The molecule has 150 valence electrons. The maximum atomic E-state index is 12.3. The minimum absolute atomic E-state index is 0.156. The first-order valence-corrected chi connectivity index (χ1v) is 10.4. The molecule has 1 aromatic heterocycles. The Labute approximate surface area is 170 Å². The number of carbonyl (C=O) groups excluding carboxylic acids is 2. The van der Waals surface area contributed by atoms with Gasteiger partial charge in [0.15, 0.2) is 0 Å². The number of nitrogens with one attached hydrogen (secondary N) is 1. The van der Waals surface area contributed by atoms with Gasteiger partial charge < -0.3 is 15.0 Å². The molecule has 0 atom stereocenters. The van der Waals surface area contributed by atoms with E-state index < -0.39 is 5.97 Å². The van der Waals surface area contributed by atoms with E-state index in [4.69, 9.17) is 4.74 Å². The summed E-state index contributed by atoms with van der Waals surface area (Å²) in [6.45, 7) is 3.19. The number of anilines is 2. The zero-order valence-corrected chi connectivity index (χ0v) is 17.3. The van der Waals surface area contributed by atoms with E-state index in [0.29, 0.717) is 17.1 Å². The van der Waals surface area contributed by atoms with Crippen LogP contribution >= 0.6 is 11.3 Å². The lowest BCUT2D eigenvalue weighted by molar-refractivity contribution is -0.117. The molecule has 2 aromatic rings. The fourth-order valence-electron chi connectivity index (χ4n) is 3.43. The lowest BCUT2D eigenvalue weighted by Crippen LogP contribution is -2.30. The largest absolute Gasteiger partial charge is 0.465 e. The maximum Gasteiger partial charge on any atom is 0.350 e. The molecule has 1 aromatic carbocycles. The molecule has 1 aliphatic rings. The fourth-order valence-corrected chi connectivity index (χ4v) is 4.19. The molecule has 2 heterocycles. The minimum Gasteiger partial charge on any atom is -0.465 e. The first kappa shape index (κ1) is 20.4. The van der Waals surface area contributed by atoms with Gasteiger partial charge >= 0.3 is 5.97 Å². The van der Waals surface area contributed by atoms with Crippen LogP contribution < -0.4 is 10.2 Å². The molecule has 0 unspecified atom stereocenters. The van der Waals surface area contributed by atoms with Crippen LogP contribution in [-0.2, 0) is 16.1 Å². The summed E-state index contributed by atoms with van der Waals surface area (Å²) in [5.41, 5.74) is 2.94. The smallest absolute Gasteiger partial charge is 0.350 e. The van der Waals surface area contributed by atoms with Crippen LogP contribution in [0.1, 0.15) is 34.5 Å². The number of esters is 1. The molecular formula is C21H27N3O3S. The molecular weight excluding hydrogens is 374 g/mol. The predicted octanol–water partition coefficient (Wildman–Crippen LogP) is 3.60. The van der Waals surface area contributed by atoms with E-state index in [1.807, 2.05) is 11.9 Å². The van der Waals surface area contributed by atoms with E-state index in [0.717, 1.165) is 13.1 Å². The van der Waals surface area contributed by atoms with Crippen LogP contribution in [0.25, 0.3) is 0 Å². The van der Waals surface area contributed by atoms with E-state index in [1.165, 1.54) is 49.0 Å². The summed E-state index contributed by atoms with van der Waals surface area (Å²) in [5, 5.41) is 4.56. The number of ether oxygens (including phenoxy) is 1. The number of hydrogen-bond acceptors (Lipinski definition) is 6. The van der Waals surface area contributed by atoms with E-state index in [2.05, 4.69) is 34.5 Å². The highest BCUT2D eigenvalue weighted by molar-refractivity contribution is 7.12. The molecule has 0 radical (unpaired) electrons. The number of thiophene rings is 1. The van der Waals surface area contributed by atoms with Crippen molar-refractivity contribution in [1.29, 1.82) is 0 Å². The number of amides is 1. The summed E-state index contributed by atoms with van der Waals surface area (Å²) in [6, 6.07) is 10.3. The monoisotopic (exact) mass is 401 g/mol. The Bertz CT molecular complexity index is 797. The molecule has 1 saturated heterocycles. The van der Waals surface area contributed by atoms with Gasteiger partial charge in [0.1, 0.15) is 4.88 Å². The van der Waals surface area contributed by atoms with Gasteiger partial charge in [-0.05, 0) is 55.5 Å². The third kappa shape index (κ3) is 5.33. The number of carbonyl (C=O) groups is 2.